The van der Waals surface area contributed by atoms with E-state index in [4.69, 9.17) is 11.6 Å². The van der Waals surface area contributed by atoms with Gasteiger partial charge in [-0.2, -0.15) is 0 Å². The van der Waals surface area contributed by atoms with E-state index in [-0.39, 0.29) is 22.4 Å². The first-order chi connectivity index (χ1) is 3.29. The molecule has 4 heteroatoms. The fourth-order valence-electron chi connectivity index (χ4n) is 0.357. The largest absolute Gasteiger partial charge is 1.00 e. The maximum atomic E-state index is 5.39. The predicted molar refractivity (Wildman–Crippen MR) is 27.3 cm³/mol. The van der Waals surface area contributed by atoms with Crippen LogP contribution in [0.3, 0.4) is 0 Å². The van der Waals surface area contributed by atoms with Crippen molar-refractivity contribution in [3.63, 3.8) is 0 Å². The number of nitrogens with zero attached hydrogens (tertiary/aromatic N) is 2. The molecule has 0 unspecified atom stereocenters. The van der Waals surface area contributed by atoms with E-state index in [1.807, 2.05) is 6.92 Å². The van der Waals surface area contributed by atoms with Gasteiger partial charge in [-0.15, -0.1) is 11.6 Å². The SMILES string of the molecule is Cc1cc(Cl)[n-]n1.[Ag+]. The van der Waals surface area contributed by atoms with Gasteiger partial charge in [-0.1, -0.05) is 5.15 Å². The van der Waals surface area contributed by atoms with E-state index in [0.717, 1.165) is 5.69 Å². The number of hydrogen-bond acceptors (Lipinski definition) is 1. The van der Waals surface area contributed by atoms with Crippen LogP contribution in [-0.2, 0) is 22.4 Å². The van der Waals surface area contributed by atoms with E-state index in [1.165, 1.54) is 0 Å². The molecule has 0 amide bonds. The number of aromatic nitrogens is 2. The summed E-state index contributed by atoms with van der Waals surface area (Å²) in [6, 6.07) is 1.71. The van der Waals surface area contributed by atoms with Gasteiger partial charge in [0, 0.05) is 5.69 Å². The summed E-state index contributed by atoms with van der Waals surface area (Å²) in [6.45, 7) is 1.85. The molecule has 0 aromatic carbocycles. The molecule has 8 heavy (non-hydrogen) atoms. The second kappa shape index (κ2) is 3.30. The van der Waals surface area contributed by atoms with Crippen molar-refractivity contribution in [2.75, 3.05) is 0 Å². The van der Waals surface area contributed by atoms with Crippen LogP contribution in [0.25, 0.3) is 0 Å². The summed E-state index contributed by atoms with van der Waals surface area (Å²) in [5.74, 6) is 0. The van der Waals surface area contributed by atoms with Crippen LogP contribution in [0.5, 0.6) is 0 Å². The third-order valence-corrected chi connectivity index (χ3v) is 0.816. The first-order valence-electron chi connectivity index (χ1n) is 1.91. The van der Waals surface area contributed by atoms with Gasteiger partial charge >= 0.3 is 22.4 Å². The van der Waals surface area contributed by atoms with Gasteiger partial charge in [0.25, 0.3) is 0 Å². The fraction of sp³-hybridized carbons (Fsp3) is 0.250. The van der Waals surface area contributed by atoms with Crippen LogP contribution < -0.4 is 5.10 Å². The second-order valence-corrected chi connectivity index (χ2v) is 1.70. The average Bonchev–Trinajstić information content (AvgIpc) is 1.87. The van der Waals surface area contributed by atoms with Gasteiger partial charge in [0.15, 0.2) is 0 Å². The molecule has 0 aliphatic rings. The van der Waals surface area contributed by atoms with E-state index >= 15 is 0 Å². The van der Waals surface area contributed by atoms with Crippen molar-refractivity contribution in [2.24, 2.45) is 0 Å². The zero-order valence-corrected chi connectivity index (χ0v) is 6.39. The summed E-state index contributed by atoms with van der Waals surface area (Å²) < 4.78 is 0. The summed E-state index contributed by atoms with van der Waals surface area (Å²) in [4.78, 5) is 0. The topological polar surface area (TPSA) is 27.0 Å². The minimum atomic E-state index is 0. The third kappa shape index (κ3) is 2.01. The molecule has 1 heterocycles. The Balaban J connectivity index is 0.000000490. The molecule has 2 nitrogen and oxygen atoms in total. The van der Waals surface area contributed by atoms with Crippen molar-refractivity contribution in [1.29, 1.82) is 0 Å². The van der Waals surface area contributed by atoms with Crippen LogP contribution >= 0.6 is 11.6 Å². The molecule has 0 aliphatic heterocycles. The zero-order chi connectivity index (χ0) is 5.28. The predicted octanol–water partition coefficient (Wildman–Crippen LogP) is 0.998. The van der Waals surface area contributed by atoms with Gasteiger partial charge in [-0.25, -0.2) is 0 Å². The quantitative estimate of drug-likeness (QED) is 0.614. The maximum Gasteiger partial charge on any atom is 1.00 e. The molecule has 1 aromatic rings. The Morgan fingerprint density at radius 2 is 2.38 bits per heavy atom. The molecule has 0 bridgehead atoms. The molecule has 0 saturated heterocycles. The molecule has 0 aliphatic carbocycles. The third-order valence-electron chi connectivity index (χ3n) is 0.631. The Hall–Kier alpha value is 0.240. The van der Waals surface area contributed by atoms with Crippen LogP contribution in [0.15, 0.2) is 6.07 Å². The summed E-state index contributed by atoms with van der Waals surface area (Å²) in [7, 11) is 0. The van der Waals surface area contributed by atoms with Crippen LogP contribution in [0, 0.1) is 6.92 Å². The minimum Gasteiger partial charge on any atom is -0.565 e. The Kier molecular flexibility index (Phi) is 3.40. The number of rotatable bonds is 0. The summed E-state index contributed by atoms with van der Waals surface area (Å²) in [5, 5.41) is 7.64. The molecule has 0 fully saturated rings. The van der Waals surface area contributed by atoms with Crippen molar-refractivity contribution in [3.05, 3.63) is 16.9 Å². The summed E-state index contributed by atoms with van der Waals surface area (Å²) in [5.41, 5.74) is 0.866. The summed E-state index contributed by atoms with van der Waals surface area (Å²) in [6.07, 6.45) is 0. The summed E-state index contributed by atoms with van der Waals surface area (Å²) >= 11 is 5.39. The van der Waals surface area contributed by atoms with Crippen LogP contribution in [-0.4, -0.2) is 5.10 Å². The van der Waals surface area contributed by atoms with E-state index in [0.29, 0.717) is 5.15 Å². The van der Waals surface area contributed by atoms with E-state index in [9.17, 15) is 0 Å². The van der Waals surface area contributed by atoms with Crippen LogP contribution in [0.1, 0.15) is 5.69 Å². The van der Waals surface area contributed by atoms with E-state index in [1.54, 1.807) is 6.07 Å². The molecule has 0 N–H and O–H groups in total. The van der Waals surface area contributed by atoms with E-state index in [2.05, 4.69) is 10.2 Å². The fourth-order valence-corrected chi connectivity index (χ4v) is 0.552. The molecule has 0 spiro atoms. The van der Waals surface area contributed by atoms with Crippen molar-refractivity contribution in [3.8, 4) is 0 Å². The number of hydrogen-bond donors (Lipinski definition) is 0. The van der Waals surface area contributed by atoms with Gasteiger partial charge in [0.1, 0.15) is 0 Å². The monoisotopic (exact) mass is 222 g/mol. The Labute approximate surface area is 68.1 Å². The Morgan fingerprint density at radius 1 is 1.75 bits per heavy atom. The molecular formula is C4H4AgClN2. The minimum absolute atomic E-state index is 0. The Morgan fingerprint density at radius 3 is 2.50 bits per heavy atom. The molecule has 48 valence electrons. The zero-order valence-electron chi connectivity index (χ0n) is 4.15. The molecule has 0 saturated carbocycles. The van der Waals surface area contributed by atoms with Gasteiger partial charge in [0.2, 0.25) is 0 Å². The first kappa shape index (κ1) is 8.24. The normalized spacial score (nSPS) is 8.25. The van der Waals surface area contributed by atoms with Crippen LogP contribution in [0.4, 0.5) is 0 Å². The average molecular weight is 223 g/mol. The molecular weight excluding hydrogens is 219 g/mol. The maximum absolute atomic E-state index is 5.39. The van der Waals surface area contributed by atoms with Crippen molar-refractivity contribution >= 4 is 11.6 Å². The van der Waals surface area contributed by atoms with Gasteiger partial charge in [0.05, 0.1) is 0 Å². The Bertz CT molecular complexity index is 146. The number of halogens is 1. The van der Waals surface area contributed by atoms with Gasteiger partial charge in [-0.3, -0.25) is 0 Å². The van der Waals surface area contributed by atoms with Crippen molar-refractivity contribution in [1.82, 2.24) is 10.2 Å². The second-order valence-electron chi connectivity index (χ2n) is 1.31. The molecule has 1 aromatic heterocycles. The molecule has 0 radical (unpaired) electrons. The van der Waals surface area contributed by atoms with Gasteiger partial charge in [-0.05, 0) is 13.0 Å². The number of aryl methyl sites for hydroxylation is 1. The first-order valence-corrected chi connectivity index (χ1v) is 2.29. The van der Waals surface area contributed by atoms with Crippen molar-refractivity contribution < 1.29 is 22.4 Å². The van der Waals surface area contributed by atoms with E-state index < -0.39 is 0 Å². The standard InChI is InChI=1S/C4H4ClN2.Ag/c1-3-2-4(5)7-6-3;/h2H,1H3;/q-1;+1. The molecule has 0 atom stereocenters. The van der Waals surface area contributed by atoms with Gasteiger partial charge < -0.3 is 10.2 Å². The molecule has 1 rings (SSSR count). The van der Waals surface area contributed by atoms with Crippen LogP contribution in [0.2, 0.25) is 5.15 Å². The van der Waals surface area contributed by atoms with Crippen molar-refractivity contribution in [2.45, 2.75) is 6.92 Å². The smallest absolute Gasteiger partial charge is 0.565 e.